The summed E-state index contributed by atoms with van der Waals surface area (Å²) < 4.78 is 0. The third-order valence-electron chi connectivity index (χ3n) is 5.40. The van der Waals surface area contributed by atoms with Crippen molar-refractivity contribution < 1.29 is 34.1 Å². The summed E-state index contributed by atoms with van der Waals surface area (Å²) in [6.07, 6.45) is 8.59. The Hall–Kier alpha value is -2.64. The van der Waals surface area contributed by atoms with Gasteiger partial charge in [0.1, 0.15) is 0 Å². The first kappa shape index (κ1) is 41.5. The smallest absolute Gasteiger partial charge is 0.0889 e. The van der Waals surface area contributed by atoms with Crippen LogP contribution < -0.4 is 0 Å². The van der Waals surface area contributed by atoms with Crippen LogP contribution in [0.4, 0.5) is 11.4 Å². The maximum Gasteiger partial charge on any atom is 0.0889 e. The molecule has 0 fully saturated rings. The van der Waals surface area contributed by atoms with E-state index in [4.69, 9.17) is 0 Å². The van der Waals surface area contributed by atoms with Crippen LogP contribution in [0.1, 0.15) is 11.4 Å². The van der Waals surface area contributed by atoms with Crippen molar-refractivity contribution in [2.45, 2.75) is 12.8 Å². The van der Waals surface area contributed by atoms with Gasteiger partial charge in [0.25, 0.3) is 0 Å². The van der Waals surface area contributed by atoms with Gasteiger partial charge in [-0.15, -0.1) is 49.6 Å². The number of aromatic nitrogens is 4. The van der Waals surface area contributed by atoms with Gasteiger partial charge in [-0.05, 0) is 72.8 Å². The van der Waals surface area contributed by atoms with Crippen LogP contribution in [0, 0.1) is 0 Å². The molecule has 0 bridgehead atoms. The molecule has 0 spiro atoms. The van der Waals surface area contributed by atoms with Crippen LogP contribution in [-0.2, 0) is 47.0 Å². The minimum absolute atomic E-state index is 0. The molecule has 0 saturated heterocycles. The molecule has 42 heavy (non-hydrogen) atoms. The van der Waals surface area contributed by atoms with Gasteiger partial charge >= 0.3 is 0 Å². The van der Waals surface area contributed by atoms with Crippen LogP contribution in [-0.4, -0.2) is 32.4 Å². The largest absolute Gasteiger partial charge is 0.261 e. The van der Waals surface area contributed by atoms with E-state index in [-0.39, 0.29) is 83.8 Å². The van der Waals surface area contributed by atoms with Gasteiger partial charge in [-0.25, -0.2) is 0 Å². The van der Waals surface area contributed by atoms with E-state index >= 15 is 0 Å². The summed E-state index contributed by atoms with van der Waals surface area (Å²) in [5.74, 6) is 0. The first-order chi connectivity index (χ1) is 17.8. The Morgan fingerprint density at radius 1 is 0.452 bits per heavy atom. The molecule has 4 heterocycles. The average molecular weight is 726 g/mol. The second-order valence-electron chi connectivity index (χ2n) is 8.01. The third-order valence-corrected chi connectivity index (χ3v) is 5.40. The predicted octanol–water partition coefficient (Wildman–Crippen LogP) is 8.17. The third kappa shape index (κ3) is 12.3. The molecule has 0 aliphatic rings. The number of aliphatic imine (C=N–C) groups is 2. The molecule has 5 aromatic rings. The molecule has 0 unspecified atom stereocenters. The fourth-order valence-corrected chi connectivity index (χ4v) is 3.61. The molecule has 0 aliphatic heterocycles. The van der Waals surface area contributed by atoms with Crippen molar-refractivity contribution in [2.24, 2.45) is 9.98 Å². The Morgan fingerprint density at radius 2 is 0.833 bits per heavy atom. The van der Waals surface area contributed by atoms with E-state index in [9.17, 15) is 0 Å². The second-order valence-corrected chi connectivity index (χ2v) is 8.01. The zero-order valence-corrected chi connectivity index (χ0v) is 27.5. The minimum Gasteiger partial charge on any atom is -0.261 e. The number of pyridine rings is 4. The number of halogens is 4. The molecule has 0 aliphatic carbocycles. The van der Waals surface area contributed by atoms with Gasteiger partial charge in [0, 0.05) is 83.2 Å². The molecule has 12 heteroatoms. The molecule has 222 valence electrons. The van der Waals surface area contributed by atoms with Crippen molar-refractivity contribution >= 4 is 73.4 Å². The summed E-state index contributed by atoms with van der Waals surface area (Å²) in [6.45, 7) is 0. The van der Waals surface area contributed by atoms with Gasteiger partial charge in [0.2, 0.25) is 0 Å². The van der Waals surface area contributed by atoms with Crippen LogP contribution >= 0.6 is 49.6 Å². The molecular weight excluding hydrogens is 698 g/mol. The number of nitrogens with zero attached hydrogens (tertiary/aromatic N) is 6. The fourth-order valence-electron chi connectivity index (χ4n) is 3.61. The molecule has 4 aromatic heterocycles. The molecule has 0 radical (unpaired) electrons. The summed E-state index contributed by atoms with van der Waals surface area (Å²) >= 11 is 0. The van der Waals surface area contributed by atoms with Gasteiger partial charge in [0.15, 0.2) is 0 Å². The van der Waals surface area contributed by atoms with Crippen molar-refractivity contribution in [3.63, 3.8) is 0 Å². The zero-order valence-electron chi connectivity index (χ0n) is 22.0. The monoisotopic (exact) mass is 724 g/mol. The maximum atomic E-state index is 4.69. The molecule has 0 atom stereocenters. The maximum absolute atomic E-state index is 4.69. The van der Waals surface area contributed by atoms with Gasteiger partial charge in [-0.3, -0.25) is 29.9 Å². The van der Waals surface area contributed by atoms with Crippen LogP contribution in [0.5, 0.6) is 0 Å². The minimum atomic E-state index is 0. The van der Waals surface area contributed by atoms with E-state index in [1.807, 2.05) is 109 Å². The van der Waals surface area contributed by atoms with E-state index in [1.165, 1.54) is 0 Å². The first-order valence-electron chi connectivity index (χ1n) is 11.7. The number of rotatable bonds is 8. The van der Waals surface area contributed by atoms with Crippen LogP contribution in [0.3, 0.4) is 0 Å². The second kappa shape index (κ2) is 22.0. The van der Waals surface area contributed by atoms with E-state index < -0.39 is 0 Å². The summed E-state index contributed by atoms with van der Waals surface area (Å²) in [5.41, 5.74) is 7.10. The Morgan fingerprint density at radius 3 is 1.19 bits per heavy atom. The van der Waals surface area contributed by atoms with Crippen molar-refractivity contribution in [2.75, 3.05) is 0 Å². The van der Waals surface area contributed by atoms with E-state index in [0.29, 0.717) is 12.8 Å². The summed E-state index contributed by atoms with van der Waals surface area (Å²) in [7, 11) is 0. The Bertz CT molecular complexity index is 1380. The van der Waals surface area contributed by atoms with Crippen LogP contribution in [0.25, 0.3) is 22.8 Å². The van der Waals surface area contributed by atoms with Gasteiger partial charge < -0.3 is 0 Å². The van der Waals surface area contributed by atoms with Crippen LogP contribution in [0.15, 0.2) is 119 Å². The Kier molecular flexibility index (Phi) is 21.7. The molecule has 0 saturated carbocycles. The van der Waals surface area contributed by atoms with Crippen LogP contribution in [0.2, 0.25) is 0 Å². The molecular formula is C30H28Cl4Fe2N6. The van der Waals surface area contributed by atoms with E-state index in [2.05, 4.69) is 29.9 Å². The first-order valence-corrected chi connectivity index (χ1v) is 11.7. The fraction of sp³-hybridized carbons (Fsp3) is 0.0667. The SMILES string of the molecule is C(Cc1cccc(-c2ccccn2)n1)=Nc1ccc(N=CCc2cccc(-c3ccccn3)n2)cc1.Cl.Cl.Cl.Cl.[Fe].[Fe]. The van der Waals surface area contributed by atoms with Gasteiger partial charge in [0.05, 0.1) is 34.2 Å². The molecule has 5 rings (SSSR count). The van der Waals surface area contributed by atoms with Crippen molar-refractivity contribution in [1.82, 2.24) is 19.9 Å². The normalized spacial score (nSPS) is 9.71. The quantitative estimate of drug-likeness (QED) is 0.120. The van der Waals surface area contributed by atoms with E-state index in [0.717, 1.165) is 45.5 Å². The standard InChI is InChI=1S/C30H24N6.4ClH.2Fe/c1-3-19-33-27(9-1)29-11-5-7-25(35-29)17-21-31-23-13-15-24(16-14-23)32-22-18-26-8-6-12-30(36-26)28-10-2-4-20-34-28;;;;;;/h1-16,19-22H,17-18H2;4*1H;;. The average Bonchev–Trinajstić information content (AvgIpc) is 2.95. The number of hydrogen-bond acceptors (Lipinski definition) is 6. The number of hydrogen-bond donors (Lipinski definition) is 0. The molecule has 0 amide bonds. The van der Waals surface area contributed by atoms with Crippen molar-refractivity contribution in [1.29, 1.82) is 0 Å². The molecule has 6 nitrogen and oxygen atoms in total. The Labute approximate surface area is 292 Å². The predicted molar refractivity (Wildman–Crippen MR) is 174 cm³/mol. The number of benzene rings is 1. The summed E-state index contributed by atoms with van der Waals surface area (Å²) in [6, 6.07) is 31.4. The topological polar surface area (TPSA) is 76.3 Å². The Balaban J connectivity index is 0. The van der Waals surface area contributed by atoms with Crippen molar-refractivity contribution in [3.8, 4) is 22.8 Å². The summed E-state index contributed by atoms with van der Waals surface area (Å²) in [5, 5.41) is 0. The summed E-state index contributed by atoms with van der Waals surface area (Å²) in [4.78, 5) is 27.2. The van der Waals surface area contributed by atoms with Gasteiger partial charge in [-0.1, -0.05) is 24.3 Å². The molecule has 0 N–H and O–H groups in total. The van der Waals surface area contributed by atoms with Crippen molar-refractivity contribution in [3.05, 3.63) is 121 Å². The zero-order chi connectivity index (χ0) is 24.4. The van der Waals surface area contributed by atoms with E-state index in [1.54, 1.807) is 12.4 Å². The van der Waals surface area contributed by atoms with Gasteiger partial charge in [-0.2, -0.15) is 0 Å². The molecule has 1 aromatic carbocycles.